The van der Waals surface area contributed by atoms with E-state index in [0.717, 1.165) is 0 Å². The van der Waals surface area contributed by atoms with E-state index in [1.165, 1.54) is 20.3 Å². The van der Waals surface area contributed by atoms with Gasteiger partial charge < -0.3 is 24.5 Å². The maximum atomic E-state index is 12.7. The number of aromatic nitrogens is 2. The summed E-state index contributed by atoms with van der Waals surface area (Å²) in [6, 6.07) is 8.09. The molecule has 0 saturated carbocycles. The average molecular weight is 384 g/mol. The number of pyridine rings is 2. The molecule has 146 valence electrons. The molecule has 8 nitrogen and oxygen atoms in total. The summed E-state index contributed by atoms with van der Waals surface area (Å²) < 4.78 is 9.94. The number of carbonyl (C=O) groups excluding carboxylic acids is 1. The number of H-pyrrole nitrogens is 2. The Balaban J connectivity index is 2.26. The zero-order valence-electron chi connectivity index (χ0n) is 15.7. The first kappa shape index (κ1) is 19.2. The molecule has 0 unspecified atom stereocenters. The highest BCUT2D eigenvalue weighted by Crippen LogP contribution is 2.31. The normalized spacial score (nSPS) is 12.0. The Labute approximate surface area is 159 Å². The monoisotopic (exact) mass is 384 g/mol. The van der Waals surface area contributed by atoms with Gasteiger partial charge in [0.2, 0.25) is 0 Å². The van der Waals surface area contributed by atoms with Crippen molar-refractivity contribution in [3.8, 4) is 11.5 Å². The number of benzene rings is 1. The molecule has 1 aromatic carbocycles. The number of nitrogens with one attached hydrogen (secondary N) is 2. The van der Waals surface area contributed by atoms with Gasteiger partial charge in [-0.2, -0.15) is 0 Å². The van der Waals surface area contributed by atoms with Crippen molar-refractivity contribution in [2.24, 2.45) is 0 Å². The van der Waals surface area contributed by atoms with Crippen LogP contribution in [-0.4, -0.2) is 35.3 Å². The van der Waals surface area contributed by atoms with E-state index in [2.05, 4.69) is 9.97 Å². The molecule has 8 heteroatoms. The summed E-state index contributed by atoms with van der Waals surface area (Å²) in [7, 11) is 2.74. The van der Waals surface area contributed by atoms with Crippen LogP contribution < -0.4 is 15.9 Å². The van der Waals surface area contributed by atoms with Gasteiger partial charge in [-0.3, -0.25) is 14.4 Å². The maximum absolute atomic E-state index is 12.7. The highest BCUT2D eigenvalue weighted by atomic mass is 16.5. The first-order chi connectivity index (χ1) is 13.3. The van der Waals surface area contributed by atoms with Crippen molar-refractivity contribution in [1.82, 2.24) is 9.97 Å². The fraction of sp³-hybridized carbons (Fsp3) is 0.250. The number of fused-ring (bicyclic) bond motifs is 1. The van der Waals surface area contributed by atoms with Crippen LogP contribution in [0.3, 0.4) is 0 Å². The molecule has 28 heavy (non-hydrogen) atoms. The van der Waals surface area contributed by atoms with Crippen molar-refractivity contribution >= 4 is 16.9 Å². The first-order valence-electron chi connectivity index (χ1n) is 8.54. The minimum Gasteiger partial charge on any atom is -0.507 e. The topological polar surface area (TPSA) is 121 Å². The molecule has 0 amide bonds. The maximum Gasteiger partial charge on any atom is 0.306 e. The Morgan fingerprint density at radius 3 is 2.50 bits per heavy atom. The van der Waals surface area contributed by atoms with Crippen molar-refractivity contribution < 1.29 is 19.4 Å². The SMILES string of the molecule is COC(=O)C[C@@H](c1cc2cc(OC)ccc2[nH]c1=O)c1c(O)cc(C)[nH]c1=O. The largest absolute Gasteiger partial charge is 0.507 e. The van der Waals surface area contributed by atoms with Crippen LogP contribution in [0.5, 0.6) is 11.5 Å². The third kappa shape index (κ3) is 3.62. The number of carbonyl (C=O) groups is 1. The van der Waals surface area contributed by atoms with E-state index < -0.39 is 23.0 Å². The summed E-state index contributed by atoms with van der Waals surface area (Å²) in [6.45, 7) is 1.62. The van der Waals surface area contributed by atoms with Gasteiger partial charge in [0.05, 0.1) is 26.2 Å². The fourth-order valence-corrected chi connectivity index (χ4v) is 3.22. The highest BCUT2D eigenvalue weighted by molar-refractivity contribution is 5.81. The van der Waals surface area contributed by atoms with Crippen LogP contribution in [0.1, 0.15) is 29.2 Å². The Morgan fingerprint density at radius 2 is 1.86 bits per heavy atom. The standard InChI is InChI=1S/C20H20N2O6/c1-10-6-16(23)18(20(26)21-10)13(9-17(24)28-3)14-8-11-7-12(27-2)4-5-15(11)22-19(14)25/h4-8,13H,9H2,1-3H3,(H,22,25)(H2,21,23,26)/t13-/m0/s1. The molecule has 0 bridgehead atoms. The zero-order chi connectivity index (χ0) is 20.4. The molecular formula is C20H20N2O6. The van der Waals surface area contributed by atoms with Crippen LogP contribution in [0.15, 0.2) is 39.9 Å². The molecule has 0 aliphatic rings. The second-order valence-corrected chi connectivity index (χ2v) is 6.42. The van der Waals surface area contributed by atoms with Gasteiger partial charge in [0.25, 0.3) is 11.1 Å². The molecule has 0 spiro atoms. The third-order valence-electron chi connectivity index (χ3n) is 4.59. The molecular weight excluding hydrogens is 364 g/mol. The van der Waals surface area contributed by atoms with Crippen molar-refractivity contribution in [1.29, 1.82) is 0 Å². The molecule has 3 N–H and O–H groups in total. The van der Waals surface area contributed by atoms with E-state index in [1.54, 1.807) is 31.2 Å². The molecule has 2 aromatic heterocycles. The summed E-state index contributed by atoms with van der Waals surface area (Å²) in [4.78, 5) is 42.6. The molecule has 3 aromatic rings. The summed E-state index contributed by atoms with van der Waals surface area (Å²) in [5, 5.41) is 11.0. The van der Waals surface area contributed by atoms with Crippen molar-refractivity contribution in [2.75, 3.05) is 14.2 Å². The average Bonchev–Trinajstić information content (AvgIpc) is 2.65. The van der Waals surface area contributed by atoms with Gasteiger partial charge in [0, 0.05) is 28.1 Å². The number of aryl methyl sites for hydroxylation is 1. The Kier molecular flexibility index (Phi) is 5.21. The number of esters is 1. The quantitative estimate of drug-likeness (QED) is 0.578. The molecule has 2 heterocycles. The lowest BCUT2D eigenvalue weighted by atomic mass is 9.88. The summed E-state index contributed by atoms with van der Waals surface area (Å²) in [5.74, 6) is -1.31. The van der Waals surface area contributed by atoms with Gasteiger partial charge in [0.1, 0.15) is 11.5 Å². The first-order valence-corrected chi connectivity index (χ1v) is 8.54. The van der Waals surface area contributed by atoms with Crippen molar-refractivity contribution in [3.63, 3.8) is 0 Å². The van der Waals surface area contributed by atoms with Crippen LogP contribution in [-0.2, 0) is 9.53 Å². The van der Waals surface area contributed by atoms with E-state index in [4.69, 9.17) is 9.47 Å². The third-order valence-corrected chi connectivity index (χ3v) is 4.59. The van der Waals surface area contributed by atoms with Gasteiger partial charge in [-0.25, -0.2) is 0 Å². The van der Waals surface area contributed by atoms with Crippen molar-refractivity contribution in [3.05, 3.63) is 67.9 Å². The summed E-state index contributed by atoms with van der Waals surface area (Å²) >= 11 is 0. The molecule has 0 aliphatic carbocycles. The highest BCUT2D eigenvalue weighted by Gasteiger charge is 2.27. The number of aromatic hydroxyl groups is 1. The second kappa shape index (κ2) is 7.59. The van der Waals surface area contributed by atoms with E-state index >= 15 is 0 Å². The van der Waals surface area contributed by atoms with Crippen molar-refractivity contribution in [2.45, 2.75) is 19.3 Å². The predicted molar refractivity (Wildman–Crippen MR) is 103 cm³/mol. The minimum atomic E-state index is -0.990. The van der Waals surface area contributed by atoms with Crippen LogP contribution in [0.4, 0.5) is 0 Å². The smallest absolute Gasteiger partial charge is 0.306 e. The fourth-order valence-electron chi connectivity index (χ4n) is 3.22. The number of hydrogen-bond acceptors (Lipinski definition) is 6. The molecule has 0 radical (unpaired) electrons. The van der Waals surface area contributed by atoms with Gasteiger partial charge in [-0.15, -0.1) is 0 Å². The van der Waals surface area contributed by atoms with E-state index in [1.807, 2.05) is 0 Å². The summed E-state index contributed by atoms with van der Waals surface area (Å²) in [6.07, 6.45) is -0.283. The Morgan fingerprint density at radius 1 is 1.11 bits per heavy atom. The lowest BCUT2D eigenvalue weighted by Gasteiger charge is -2.17. The lowest BCUT2D eigenvalue weighted by molar-refractivity contribution is -0.140. The van der Waals surface area contributed by atoms with Gasteiger partial charge in [-0.05, 0) is 37.3 Å². The molecule has 0 saturated heterocycles. The predicted octanol–water partition coefficient (Wildman–Crippen LogP) is 1.93. The van der Waals surface area contributed by atoms with Gasteiger partial charge in [0.15, 0.2) is 0 Å². The summed E-state index contributed by atoms with van der Waals surface area (Å²) in [5.41, 5.74) is 0.0932. The van der Waals surface area contributed by atoms with E-state index in [-0.39, 0.29) is 23.3 Å². The van der Waals surface area contributed by atoms with Gasteiger partial charge >= 0.3 is 5.97 Å². The van der Waals surface area contributed by atoms with Crippen LogP contribution in [0.2, 0.25) is 0 Å². The van der Waals surface area contributed by atoms with Crippen LogP contribution in [0, 0.1) is 6.92 Å². The van der Waals surface area contributed by atoms with Crippen LogP contribution in [0.25, 0.3) is 10.9 Å². The second-order valence-electron chi connectivity index (χ2n) is 6.42. The lowest BCUT2D eigenvalue weighted by Crippen LogP contribution is -2.25. The number of ether oxygens (including phenoxy) is 2. The molecule has 0 fully saturated rings. The number of hydrogen-bond donors (Lipinski definition) is 3. The number of aromatic amines is 2. The number of rotatable bonds is 5. The molecule has 1 atom stereocenters. The van der Waals surface area contributed by atoms with E-state index in [0.29, 0.717) is 22.3 Å². The minimum absolute atomic E-state index is 0.0660. The molecule has 0 aliphatic heterocycles. The van der Waals surface area contributed by atoms with Gasteiger partial charge in [-0.1, -0.05) is 0 Å². The molecule has 3 rings (SSSR count). The number of methoxy groups -OCH3 is 2. The Bertz CT molecular complexity index is 1160. The zero-order valence-corrected chi connectivity index (χ0v) is 15.7. The van der Waals surface area contributed by atoms with E-state index in [9.17, 15) is 19.5 Å². The van der Waals surface area contributed by atoms with Crippen LogP contribution >= 0.6 is 0 Å². The Hall–Kier alpha value is -3.55.